The Morgan fingerprint density at radius 3 is 2.18 bits per heavy atom. The van der Waals surface area contributed by atoms with E-state index in [1.54, 1.807) is 26.0 Å². The summed E-state index contributed by atoms with van der Waals surface area (Å²) >= 11 is 0. The van der Waals surface area contributed by atoms with Crippen molar-refractivity contribution in [1.82, 2.24) is 0 Å². The highest BCUT2D eigenvalue weighted by Crippen LogP contribution is 2.23. The van der Waals surface area contributed by atoms with Gasteiger partial charge in [-0.1, -0.05) is 30.3 Å². The van der Waals surface area contributed by atoms with Crippen LogP contribution in [0.1, 0.15) is 25.0 Å². The van der Waals surface area contributed by atoms with Crippen molar-refractivity contribution >= 4 is 34.9 Å². The molecule has 2 aromatic carbocycles. The Hall–Kier alpha value is -2.88. The molecule has 2 aromatic rings. The molecule has 4 nitrogen and oxygen atoms in total. The van der Waals surface area contributed by atoms with Gasteiger partial charge < -0.3 is 10.2 Å². The first-order valence-corrected chi connectivity index (χ1v) is 6.74. The molecule has 0 atom stereocenters. The van der Waals surface area contributed by atoms with Crippen molar-refractivity contribution < 1.29 is 19.8 Å². The molecule has 0 aliphatic heterocycles. The first-order chi connectivity index (χ1) is 10.4. The van der Waals surface area contributed by atoms with Gasteiger partial charge in [0.05, 0.1) is 0 Å². The Labute approximate surface area is 128 Å². The van der Waals surface area contributed by atoms with Crippen molar-refractivity contribution in [2.75, 3.05) is 0 Å². The van der Waals surface area contributed by atoms with Crippen LogP contribution < -0.4 is 0 Å². The van der Waals surface area contributed by atoms with Crippen LogP contribution in [0.3, 0.4) is 0 Å². The van der Waals surface area contributed by atoms with Crippen LogP contribution in [0.5, 0.6) is 0 Å². The lowest BCUT2D eigenvalue weighted by Gasteiger charge is -2.05. The molecular formula is C18H16O4. The molecule has 0 aliphatic carbocycles. The van der Waals surface area contributed by atoms with Crippen molar-refractivity contribution in [3.63, 3.8) is 0 Å². The molecule has 0 amide bonds. The van der Waals surface area contributed by atoms with Crippen molar-refractivity contribution in [2.24, 2.45) is 0 Å². The van der Waals surface area contributed by atoms with Crippen molar-refractivity contribution in [1.29, 1.82) is 0 Å². The van der Waals surface area contributed by atoms with Gasteiger partial charge in [-0.3, -0.25) is 0 Å². The molecule has 0 radical (unpaired) electrons. The second-order valence-electron chi connectivity index (χ2n) is 5.09. The number of fused-ring (bicyclic) bond motifs is 1. The first-order valence-electron chi connectivity index (χ1n) is 6.74. The monoisotopic (exact) mass is 296 g/mol. The predicted molar refractivity (Wildman–Crippen MR) is 86.5 cm³/mol. The van der Waals surface area contributed by atoms with Gasteiger partial charge in [0.2, 0.25) is 0 Å². The molecule has 0 saturated heterocycles. The number of carboxylic acids is 2. The van der Waals surface area contributed by atoms with E-state index in [0.29, 0.717) is 0 Å². The normalized spacial score (nSPS) is 12.5. The molecular weight excluding hydrogens is 280 g/mol. The van der Waals surface area contributed by atoms with Gasteiger partial charge in [0.25, 0.3) is 0 Å². The van der Waals surface area contributed by atoms with Crippen LogP contribution in [0.4, 0.5) is 0 Å². The molecule has 2 N–H and O–H groups in total. The van der Waals surface area contributed by atoms with E-state index in [9.17, 15) is 9.59 Å². The first kappa shape index (κ1) is 15.5. The number of benzene rings is 2. The highest BCUT2D eigenvalue weighted by molar-refractivity contribution is 5.98. The Morgan fingerprint density at radius 1 is 0.909 bits per heavy atom. The number of aliphatic carboxylic acids is 2. The van der Waals surface area contributed by atoms with Gasteiger partial charge in [-0.2, -0.15) is 0 Å². The lowest BCUT2D eigenvalue weighted by Crippen LogP contribution is -1.96. The van der Waals surface area contributed by atoms with Gasteiger partial charge in [-0.15, -0.1) is 0 Å². The third kappa shape index (κ3) is 3.41. The van der Waals surface area contributed by atoms with Gasteiger partial charge in [0.15, 0.2) is 0 Å². The van der Waals surface area contributed by atoms with Gasteiger partial charge in [-0.25, -0.2) is 9.59 Å². The van der Waals surface area contributed by atoms with Crippen molar-refractivity contribution in [2.45, 2.75) is 13.8 Å². The van der Waals surface area contributed by atoms with E-state index >= 15 is 0 Å². The van der Waals surface area contributed by atoms with E-state index in [1.165, 1.54) is 0 Å². The second kappa shape index (κ2) is 6.26. The smallest absolute Gasteiger partial charge is 0.331 e. The third-order valence-electron chi connectivity index (χ3n) is 3.37. The molecule has 0 aliphatic rings. The second-order valence-corrected chi connectivity index (χ2v) is 5.09. The van der Waals surface area contributed by atoms with Crippen LogP contribution in [0.2, 0.25) is 0 Å². The zero-order chi connectivity index (χ0) is 16.3. The Bertz CT molecular complexity index is 813. The topological polar surface area (TPSA) is 74.6 Å². The summed E-state index contributed by atoms with van der Waals surface area (Å²) in [5, 5.41) is 19.8. The Morgan fingerprint density at radius 2 is 1.55 bits per heavy atom. The average Bonchev–Trinajstić information content (AvgIpc) is 2.47. The van der Waals surface area contributed by atoms with Gasteiger partial charge >= 0.3 is 11.9 Å². The van der Waals surface area contributed by atoms with Crippen LogP contribution in [0.15, 0.2) is 47.5 Å². The number of carbonyl (C=O) groups is 2. The summed E-state index contributed by atoms with van der Waals surface area (Å²) in [5.74, 6) is -1.90. The van der Waals surface area contributed by atoms with Gasteiger partial charge in [-0.05, 0) is 54.0 Å². The SMILES string of the molecule is C/C(=C\c1ccc2c(/C=C(\C)C(=O)O)cccc2c1)C(=O)O. The lowest BCUT2D eigenvalue weighted by molar-refractivity contribution is -0.133. The quantitative estimate of drug-likeness (QED) is 0.841. The fraction of sp³-hybridized carbons (Fsp3) is 0.111. The average molecular weight is 296 g/mol. The van der Waals surface area contributed by atoms with Crippen molar-refractivity contribution in [3.8, 4) is 0 Å². The van der Waals surface area contributed by atoms with Crippen LogP contribution in [0, 0.1) is 0 Å². The maximum atomic E-state index is 10.9. The van der Waals surface area contributed by atoms with Crippen molar-refractivity contribution in [3.05, 3.63) is 58.7 Å². The summed E-state index contributed by atoms with van der Waals surface area (Å²) in [4.78, 5) is 21.8. The van der Waals surface area contributed by atoms with Crippen LogP contribution in [-0.2, 0) is 9.59 Å². The standard InChI is InChI=1S/C18H16O4/c1-11(17(19)20)8-13-6-7-16-14(9-12(2)18(21)22)4-3-5-15(16)10-13/h3-10H,1-2H3,(H,19,20)(H,21,22)/b11-8+,12-9+. The summed E-state index contributed by atoms with van der Waals surface area (Å²) in [6.45, 7) is 3.09. The maximum absolute atomic E-state index is 10.9. The van der Waals surface area contributed by atoms with E-state index in [1.807, 2.05) is 36.4 Å². The molecule has 0 bridgehead atoms. The minimum absolute atomic E-state index is 0.261. The number of hydrogen-bond acceptors (Lipinski definition) is 2. The molecule has 0 saturated carbocycles. The minimum Gasteiger partial charge on any atom is -0.478 e. The predicted octanol–water partition coefficient (Wildman–Crippen LogP) is 3.82. The lowest BCUT2D eigenvalue weighted by atomic mass is 10.00. The maximum Gasteiger partial charge on any atom is 0.331 e. The van der Waals surface area contributed by atoms with E-state index in [0.717, 1.165) is 21.9 Å². The Balaban J connectivity index is 2.53. The molecule has 2 rings (SSSR count). The fourth-order valence-corrected chi connectivity index (χ4v) is 2.15. The van der Waals surface area contributed by atoms with Crippen LogP contribution >= 0.6 is 0 Å². The highest BCUT2D eigenvalue weighted by Gasteiger charge is 2.05. The Kier molecular flexibility index (Phi) is 4.41. The van der Waals surface area contributed by atoms with E-state index in [-0.39, 0.29) is 11.1 Å². The summed E-state index contributed by atoms with van der Waals surface area (Å²) in [5.41, 5.74) is 2.14. The number of hydrogen-bond donors (Lipinski definition) is 2. The van der Waals surface area contributed by atoms with Gasteiger partial charge in [0.1, 0.15) is 0 Å². The minimum atomic E-state index is -0.950. The van der Waals surface area contributed by atoms with Crippen LogP contribution in [0.25, 0.3) is 22.9 Å². The summed E-state index contributed by atoms with van der Waals surface area (Å²) in [6.07, 6.45) is 3.23. The number of carboxylic acid groups (broad SMARTS) is 2. The summed E-state index contributed by atoms with van der Waals surface area (Å²) < 4.78 is 0. The third-order valence-corrected chi connectivity index (χ3v) is 3.37. The summed E-state index contributed by atoms with van der Waals surface area (Å²) in [7, 11) is 0. The van der Waals surface area contributed by atoms with E-state index < -0.39 is 11.9 Å². The molecule has 4 heteroatoms. The van der Waals surface area contributed by atoms with Crippen LogP contribution in [-0.4, -0.2) is 22.2 Å². The van der Waals surface area contributed by atoms with E-state index in [2.05, 4.69) is 0 Å². The molecule has 0 aromatic heterocycles. The zero-order valence-corrected chi connectivity index (χ0v) is 12.3. The largest absolute Gasteiger partial charge is 0.478 e. The fourth-order valence-electron chi connectivity index (χ4n) is 2.15. The number of rotatable bonds is 4. The molecule has 112 valence electrons. The molecule has 22 heavy (non-hydrogen) atoms. The zero-order valence-electron chi connectivity index (χ0n) is 12.3. The molecule has 0 fully saturated rings. The molecule has 0 heterocycles. The molecule has 0 spiro atoms. The van der Waals surface area contributed by atoms with E-state index in [4.69, 9.17) is 10.2 Å². The molecule has 0 unspecified atom stereocenters. The highest BCUT2D eigenvalue weighted by atomic mass is 16.4. The summed E-state index contributed by atoms with van der Waals surface area (Å²) in [6, 6.07) is 11.2. The van der Waals surface area contributed by atoms with Gasteiger partial charge in [0, 0.05) is 11.1 Å².